The Labute approximate surface area is 197 Å². The van der Waals surface area contributed by atoms with Crippen LogP contribution in [0.5, 0.6) is 0 Å². The molecular weight excluding hydrogens is 432 g/mol. The van der Waals surface area contributed by atoms with Gasteiger partial charge in [0.15, 0.2) is 0 Å². The van der Waals surface area contributed by atoms with Crippen molar-refractivity contribution in [3.05, 3.63) is 90.0 Å². The lowest BCUT2D eigenvalue weighted by molar-refractivity contribution is -0.122. The molecule has 4 rings (SSSR count). The van der Waals surface area contributed by atoms with Crippen molar-refractivity contribution in [2.45, 2.75) is 44.1 Å². The first-order chi connectivity index (χ1) is 15.9. The topological polar surface area (TPSA) is 75.3 Å². The average Bonchev–Trinajstić information content (AvgIpc) is 2.84. The summed E-state index contributed by atoms with van der Waals surface area (Å²) in [7, 11) is -3.23. The van der Waals surface area contributed by atoms with Crippen molar-refractivity contribution in [1.29, 1.82) is 0 Å². The third-order valence-corrected chi connectivity index (χ3v) is 7.08. The van der Waals surface area contributed by atoms with Crippen molar-refractivity contribution >= 4 is 21.6 Å². The van der Waals surface area contributed by atoms with Crippen LogP contribution in [-0.4, -0.2) is 20.6 Å². The molecule has 1 saturated carbocycles. The number of amides is 1. The van der Waals surface area contributed by atoms with Crippen LogP contribution in [0.1, 0.15) is 44.7 Å². The molecule has 1 amide bonds. The molecule has 2 N–H and O–H groups in total. The van der Waals surface area contributed by atoms with Gasteiger partial charge in [-0.2, -0.15) is 0 Å². The Kier molecular flexibility index (Phi) is 6.96. The van der Waals surface area contributed by atoms with Gasteiger partial charge in [-0.25, -0.2) is 13.1 Å². The minimum absolute atomic E-state index is 0. The summed E-state index contributed by atoms with van der Waals surface area (Å²) in [5, 5.41) is 3.19. The lowest BCUT2D eigenvalue weighted by Gasteiger charge is -2.36. The van der Waals surface area contributed by atoms with Gasteiger partial charge in [-0.15, -0.1) is 0 Å². The van der Waals surface area contributed by atoms with Crippen molar-refractivity contribution in [2.24, 2.45) is 0 Å². The number of nitrogens with one attached hydrogen (secondary N) is 2. The van der Waals surface area contributed by atoms with E-state index in [1.54, 1.807) is 0 Å². The van der Waals surface area contributed by atoms with Gasteiger partial charge in [0.1, 0.15) is 0 Å². The van der Waals surface area contributed by atoms with Crippen molar-refractivity contribution in [3.8, 4) is 11.1 Å². The average molecular weight is 465 g/mol. The van der Waals surface area contributed by atoms with E-state index in [1.165, 1.54) is 6.42 Å². The standard InChI is InChI=1S/C27H30N2O3S.H2/c1-33(31,32)28-20-21-13-15-22(16-14-21)23-9-8-12-25(19-23)29-26(30)27(17-6-3-7-18-27)24-10-4-2-5-11-24;/h2,4-5,8-16,19,28H,3,6-7,17-18,20H2,1H3,(H,29,30);1H. The lowest BCUT2D eigenvalue weighted by atomic mass is 9.68. The molecule has 1 fully saturated rings. The van der Waals surface area contributed by atoms with E-state index in [0.717, 1.165) is 59.9 Å². The number of hydrogen-bond donors (Lipinski definition) is 2. The van der Waals surface area contributed by atoms with E-state index < -0.39 is 15.4 Å². The Hall–Kier alpha value is -2.96. The van der Waals surface area contributed by atoms with E-state index in [1.807, 2.05) is 66.7 Å². The first-order valence-electron chi connectivity index (χ1n) is 11.4. The first-order valence-corrected chi connectivity index (χ1v) is 13.3. The molecule has 3 aromatic carbocycles. The van der Waals surface area contributed by atoms with Crippen LogP contribution >= 0.6 is 0 Å². The van der Waals surface area contributed by atoms with Crippen LogP contribution < -0.4 is 10.0 Å². The molecule has 0 spiro atoms. The molecule has 0 aliphatic heterocycles. The molecule has 0 bridgehead atoms. The van der Waals surface area contributed by atoms with Crippen LogP contribution in [-0.2, 0) is 26.8 Å². The molecule has 1 aliphatic rings. The van der Waals surface area contributed by atoms with Crippen LogP contribution in [0.2, 0.25) is 0 Å². The van der Waals surface area contributed by atoms with E-state index in [0.29, 0.717) is 0 Å². The van der Waals surface area contributed by atoms with Crippen molar-refractivity contribution in [3.63, 3.8) is 0 Å². The highest BCUT2D eigenvalue weighted by atomic mass is 32.2. The second-order valence-electron chi connectivity index (χ2n) is 8.83. The number of benzene rings is 3. The number of anilines is 1. The lowest BCUT2D eigenvalue weighted by Crippen LogP contribution is -2.42. The summed E-state index contributed by atoms with van der Waals surface area (Å²) in [5.74, 6) is 0.0627. The van der Waals surface area contributed by atoms with Gasteiger partial charge in [-0.3, -0.25) is 4.79 Å². The van der Waals surface area contributed by atoms with Gasteiger partial charge in [-0.1, -0.05) is 86.0 Å². The minimum atomic E-state index is -3.23. The molecule has 0 atom stereocenters. The molecule has 0 unspecified atom stereocenters. The molecule has 3 aromatic rings. The van der Waals surface area contributed by atoms with Gasteiger partial charge >= 0.3 is 0 Å². The summed E-state index contributed by atoms with van der Waals surface area (Å²) in [5.41, 5.74) is 4.27. The van der Waals surface area contributed by atoms with E-state index in [2.05, 4.69) is 22.2 Å². The van der Waals surface area contributed by atoms with Gasteiger partial charge in [-0.05, 0) is 47.2 Å². The number of carbonyl (C=O) groups excluding carboxylic acids is 1. The summed E-state index contributed by atoms with van der Waals surface area (Å²) in [6.07, 6.45) is 6.17. The van der Waals surface area contributed by atoms with E-state index in [4.69, 9.17) is 0 Å². The van der Waals surface area contributed by atoms with E-state index >= 15 is 0 Å². The van der Waals surface area contributed by atoms with Crippen LogP contribution in [0.3, 0.4) is 0 Å². The Morgan fingerprint density at radius 1 is 0.879 bits per heavy atom. The Balaban J connectivity index is 0.00000324. The Bertz CT molecular complexity index is 1210. The molecule has 0 radical (unpaired) electrons. The zero-order valence-corrected chi connectivity index (χ0v) is 19.7. The summed E-state index contributed by atoms with van der Waals surface area (Å²) < 4.78 is 25.1. The first kappa shape index (κ1) is 23.2. The molecule has 174 valence electrons. The van der Waals surface area contributed by atoms with Gasteiger partial charge in [0.25, 0.3) is 0 Å². The Morgan fingerprint density at radius 2 is 1.58 bits per heavy atom. The Morgan fingerprint density at radius 3 is 2.24 bits per heavy atom. The van der Waals surface area contributed by atoms with Crippen LogP contribution in [0, 0.1) is 0 Å². The maximum atomic E-state index is 13.6. The number of sulfonamides is 1. The van der Waals surface area contributed by atoms with Crippen LogP contribution in [0.4, 0.5) is 5.69 Å². The largest absolute Gasteiger partial charge is 0.325 e. The molecule has 33 heavy (non-hydrogen) atoms. The van der Waals surface area contributed by atoms with Gasteiger partial charge in [0.2, 0.25) is 15.9 Å². The highest BCUT2D eigenvalue weighted by Crippen LogP contribution is 2.40. The molecular formula is C27H32N2O3S. The zero-order valence-electron chi connectivity index (χ0n) is 18.9. The fraction of sp³-hybridized carbons (Fsp3) is 0.296. The predicted octanol–water partition coefficient (Wildman–Crippen LogP) is 5.49. The van der Waals surface area contributed by atoms with Crippen molar-refractivity contribution in [2.75, 3.05) is 11.6 Å². The summed E-state index contributed by atoms with van der Waals surface area (Å²) in [6, 6.07) is 25.8. The summed E-state index contributed by atoms with van der Waals surface area (Å²) in [6.45, 7) is 0.261. The normalized spacial score (nSPS) is 15.7. The number of rotatable bonds is 7. The van der Waals surface area contributed by atoms with Crippen LogP contribution in [0.15, 0.2) is 78.9 Å². The maximum Gasteiger partial charge on any atom is 0.235 e. The zero-order chi connectivity index (χ0) is 23.3. The number of hydrogen-bond acceptors (Lipinski definition) is 3. The summed E-state index contributed by atoms with van der Waals surface area (Å²) in [4.78, 5) is 13.6. The van der Waals surface area contributed by atoms with Gasteiger partial charge in [0, 0.05) is 13.7 Å². The summed E-state index contributed by atoms with van der Waals surface area (Å²) >= 11 is 0. The third kappa shape index (κ3) is 5.70. The second-order valence-corrected chi connectivity index (χ2v) is 10.7. The smallest absolute Gasteiger partial charge is 0.235 e. The number of carbonyl (C=O) groups is 1. The molecule has 0 aromatic heterocycles. The monoisotopic (exact) mass is 464 g/mol. The second kappa shape index (κ2) is 9.89. The molecule has 0 saturated heterocycles. The quantitative estimate of drug-likeness (QED) is 0.485. The fourth-order valence-electron chi connectivity index (χ4n) is 4.62. The predicted molar refractivity (Wildman–Crippen MR) is 136 cm³/mol. The van der Waals surface area contributed by atoms with E-state index in [9.17, 15) is 13.2 Å². The fourth-order valence-corrected chi connectivity index (χ4v) is 5.04. The van der Waals surface area contributed by atoms with Crippen molar-refractivity contribution in [1.82, 2.24) is 4.72 Å². The molecule has 6 heteroatoms. The maximum absolute atomic E-state index is 13.6. The highest BCUT2D eigenvalue weighted by Gasteiger charge is 2.41. The molecule has 5 nitrogen and oxygen atoms in total. The van der Waals surface area contributed by atoms with Crippen molar-refractivity contribution < 1.29 is 14.6 Å². The van der Waals surface area contributed by atoms with Gasteiger partial charge in [0.05, 0.1) is 11.7 Å². The SMILES string of the molecule is CS(=O)(=O)NCc1ccc(-c2cccc(NC(=O)C3(c4ccccc4)CCCCC3)c2)cc1.[HH]. The third-order valence-electron chi connectivity index (χ3n) is 6.41. The minimum Gasteiger partial charge on any atom is -0.325 e. The molecule has 0 heterocycles. The van der Waals surface area contributed by atoms with E-state index in [-0.39, 0.29) is 13.9 Å². The van der Waals surface area contributed by atoms with Crippen LogP contribution in [0.25, 0.3) is 11.1 Å². The van der Waals surface area contributed by atoms with Gasteiger partial charge < -0.3 is 5.32 Å². The highest BCUT2D eigenvalue weighted by molar-refractivity contribution is 7.88. The molecule has 1 aliphatic carbocycles.